The molecule has 3 atom stereocenters. The van der Waals surface area contributed by atoms with Gasteiger partial charge in [-0.05, 0) is 81.5 Å². The van der Waals surface area contributed by atoms with Crippen LogP contribution in [0.5, 0.6) is 0 Å². The summed E-state index contributed by atoms with van der Waals surface area (Å²) in [5, 5.41) is 3.01. The molecule has 0 bridgehead atoms. The monoisotopic (exact) mass is 473 g/mol. The first-order valence-electron chi connectivity index (χ1n) is 11.5. The molecule has 0 saturated carbocycles. The number of rotatable bonds is 10. The minimum atomic E-state index is -1.54. The fraction of sp³-hybridized carbons (Fsp3) is 0.462. The van der Waals surface area contributed by atoms with E-state index in [0.29, 0.717) is 17.9 Å². The van der Waals surface area contributed by atoms with Crippen LogP contribution in [-0.2, 0) is 15.8 Å². The van der Waals surface area contributed by atoms with E-state index in [0.717, 1.165) is 41.7 Å². The molecule has 1 aromatic rings. The average molecular weight is 474 g/mol. The molecule has 0 spiro atoms. The maximum Gasteiger partial charge on any atom is 0.238 e. The van der Waals surface area contributed by atoms with Crippen molar-refractivity contribution in [1.29, 1.82) is 0 Å². The molecule has 5 nitrogen and oxygen atoms in total. The standard InChI is InChI=1S/C26H36FN3O2S/c1-7-9-20(8-2)24(28-6)16-21(18(3)4)17-29-26(31)25-15-10-19(5)30(25)33(32)23-13-11-22(27)12-14-23/h8,11-14,16,19,25H,3,7,9-10,15,17H2,1-2,4-6H3,(H,29,31)/b20-8+,21-16-,28-24?. The minimum Gasteiger partial charge on any atom is -0.351 e. The summed E-state index contributed by atoms with van der Waals surface area (Å²) < 4.78 is 28.2. The quantitative estimate of drug-likeness (QED) is 0.378. The van der Waals surface area contributed by atoms with Crippen LogP contribution in [0.15, 0.2) is 69.6 Å². The van der Waals surface area contributed by atoms with Gasteiger partial charge in [0.2, 0.25) is 5.91 Å². The number of hydrogen-bond donors (Lipinski definition) is 1. The number of allylic oxidation sites excluding steroid dienone is 3. The van der Waals surface area contributed by atoms with E-state index in [4.69, 9.17) is 0 Å². The molecule has 1 fully saturated rings. The molecule has 1 aliphatic rings. The molecule has 1 amide bonds. The molecule has 33 heavy (non-hydrogen) atoms. The highest BCUT2D eigenvalue weighted by Gasteiger charge is 2.39. The van der Waals surface area contributed by atoms with E-state index in [1.165, 1.54) is 24.3 Å². The van der Waals surface area contributed by atoms with Crippen molar-refractivity contribution in [3.63, 3.8) is 0 Å². The Morgan fingerprint density at radius 3 is 2.52 bits per heavy atom. The average Bonchev–Trinajstić information content (AvgIpc) is 3.19. The van der Waals surface area contributed by atoms with Gasteiger partial charge in [-0.3, -0.25) is 9.79 Å². The molecule has 0 aromatic heterocycles. The Morgan fingerprint density at radius 2 is 1.97 bits per heavy atom. The zero-order valence-corrected chi connectivity index (χ0v) is 21.2. The van der Waals surface area contributed by atoms with Crippen LogP contribution in [0.25, 0.3) is 0 Å². The second-order valence-corrected chi connectivity index (χ2v) is 9.74. The van der Waals surface area contributed by atoms with Crippen molar-refractivity contribution in [2.45, 2.75) is 70.4 Å². The van der Waals surface area contributed by atoms with Gasteiger partial charge >= 0.3 is 0 Å². The van der Waals surface area contributed by atoms with Gasteiger partial charge in [0.05, 0.1) is 10.6 Å². The summed E-state index contributed by atoms with van der Waals surface area (Å²) >= 11 is 0. The van der Waals surface area contributed by atoms with Gasteiger partial charge in [0, 0.05) is 19.6 Å². The number of halogens is 1. The molecule has 0 aliphatic carbocycles. The molecule has 2 rings (SSSR count). The van der Waals surface area contributed by atoms with Crippen LogP contribution >= 0.6 is 0 Å². The zero-order valence-electron chi connectivity index (χ0n) is 20.4. The van der Waals surface area contributed by atoms with Crippen molar-refractivity contribution in [3.8, 4) is 0 Å². The Morgan fingerprint density at radius 1 is 1.30 bits per heavy atom. The number of aliphatic imine (C=N–C) groups is 1. The molecule has 1 N–H and O–H groups in total. The van der Waals surface area contributed by atoms with E-state index in [1.807, 2.05) is 26.8 Å². The van der Waals surface area contributed by atoms with Crippen molar-refractivity contribution < 1.29 is 13.4 Å². The van der Waals surface area contributed by atoms with Crippen LogP contribution in [0.1, 0.15) is 53.4 Å². The van der Waals surface area contributed by atoms with Crippen molar-refractivity contribution >= 4 is 22.6 Å². The number of nitrogens with one attached hydrogen (secondary N) is 1. The minimum absolute atomic E-state index is 0.0205. The Bertz CT molecular complexity index is 966. The van der Waals surface area contributed by atoms with E-state index in [-0.39, 0.29) is 17.8 Å². The fourth-order valence-electron chi connectivity index (χ4n) is 3.94. The summed E-state index contributed by atoms with van der Waals surface area (Å²) in [6, 6.07) is 5.06. The van der Waals surface area contributed by atoms with Crippen molar-refractivity contribution in [3.05, 3.63) is 65.5 Å². The van der Waals surface area contributed by atoms with Crippen LogP contribution in [-0.4, -0.2) is 45.8 Å². The fourth-order valence-corrected chi connectivity index (χ4v) is 5.42. The predicted molar refractivity (Wildman–Crippen MR) is 135 cm³/mol. The second-order valence-electron chi connectivity index (χ2n) is 8.35. The lowest BCUT2D eigenvalue weighted by molar-refractivity contribution is -0.124. The van der Waals surface area contributed by atoms with Gasteiger partial charge in [-0.1, -0.05) is 31.6 Å². The summed E-state index contributed by atoms with van der Waals surface area (Å²) in [5.41, 5.74) is 3.81. The molecule has 3 unspecified atom stereocenters. The van der Waals surface area contributed by atoms with Crippen LogP contribution in [0, 0.1) is 5.82 Å². The Labute approximate surface area is 200 Å². The van der Waals surface area contributed by atoms with Crippen LogP contribution < -0.4 is 5.32 Å². The van der Waals surface area contributed by atoms with E-state index < -0.39 is 17.0 Å². The summed E-state index contributed by atoms with van der Waals surface area (Å²) in [6.45, 7) is 12.4. The van der Waals surface area contributed by atoms with Gasteiger partial charge in [0.15, 0.2) is 0 Å². The number of hydrogen-bond acceptors (Lipinski definition) is 3. The molecule has 180 valence electrons. The van der Waals surface area contributed by atoms with Crippen LogP contribution in [0.4, 0.5) is 4.39 Å². The lowest BCUT2D eigenvalue weighted by Gasteiger charge is -2.26. The largest absolute Gasteiger partial charge is 0.351 e. The van der Waals surface area contributed by atoms with Gasteiger partial charge in [0.25, 0.3) is 0 Å². The van der Waals surface area contributed by atoms with Gasteiger partial charge < -0.3 is 5.32 Å². The smallest absolute Gasteiger partial charge is 0.238 e. The predicted octanol–water partition coefficient (Wildman–Crippen LogP) is 5.14. The molecule has 7 heteroatoms. The summed E-state index contributed by atoms with van der Waals surface area (Å²) in [7, 11) is 0.222. The first-order chi connectivity index (χ1) is 15.7. The van der Waals surface area contributed by atoms with E-state index in [1.54, 1.807) is 11.4 Å². The first-order valence-corrected chi connectivity index (χ1v) is 12.6. The third-order valence-corrected chi connectivity index (χ3v) is 7.53. The molecule has 1 aromatic carbocycles. The highest BCUT2D eigenvalue weighted by Crippen LogP contribution is 2.29. The van der Waals surface area contributed by atoms with E-state index in [2.05, 4.69) is 29.9 Å². The molecular formula is C26H36FN3O2S. The van der Waals surface area contributed by atoms with Gasteiger partial charge in [-0.25, -0.2) is 12.9 Å². The number of nitrogens with zero attached hydrogens (tertiary/aromatic N) is 2. The molecule has 1 heterocycles. The maximum atomic E-state index is 13.3. The third kappa shape index (κ3) is 7.05. The van der Waals surface area contributed by atoms with Gasteiger partial charge in [-0.15, -0.1) is 0 Å². The summed E-state index contributed by atoms with van der Waals surface area (Å²) in [6.07, 6.45) is 7.39. The normalized spacial score (nSPS) is 21.2. The highest BCUT2D eigenvalue weighted by atomic mass is 32.2. The van der Waals surface area contributed by atoms with Crippen LogP contribution in [0.2, 0.25) is 0 Å². The Kier molecular flexibility index (Phi) is 10.4. The molecule has 0 radical (unpaired) electrons. The Balaban J connectivity index is 2.16. The lowest BCUT2D eigenvalue weighted by Crippen LogP contribution is -2.46. The number of amides is 1. The second kappa shape index (κ2) is 12.8. The summed E-state index contributed by atoms with van der Waals surface area (Å²) in [5.74, 6) is -0.551. The number of carbonyl (C=O) groups excluding carboxylic acids is 1. The number of benzene rings is 1. The van der Waals surface area contributed by atoms with E-state index in [9.17, 15) is 13.4 Å². The van der Waals surface area contributed by atoms with Crippen molar-refractivity contribution in [1.82, 2.24) is 9.62 Å². The maximum absolute atomic E-state index is 13.3. The van der Waals surface area contributed by atoms with Crippen LogP contribution in [0.3, 0.4) is 0 Å². The van der Waals surface area contributed by atoms with Gasteiger partial charge in [-0.2, -0.15) is 0 Å². The molecule has 1 saturated heterocycles. The van der Waals surface area contributed by atoms with Crippen molar-refractivity contribution in [2.75, 3.05) is 13.6 Å². The van der Waals surface area contributed by atoms with Crippen molar-refractivity contribution in [2.24, 2.45) is 4.99 Å². The first kappa shape index (κ1) is 26.9. The summed E-state index contributed by atoms with van der Waals surface area (Å²) in [4.78, 5) is 18.0. The number of carbonyl (C=O) groups is 1. The lowest BCUT2D eigenvalue weighted by atomic mass is 10.00. The molecule has 1 aliphatic heterocycles. The highest BCUT2D eigenvalue weighted by molar-refractivity contribution is 7.82. The topological polar surface area (TPSA) is 61.8 Å². The molecular weight excluding hydrogens is 437 g/mol. The Hall–Kier alpha value is -2.38. The zero-order chi connectivity index (χ0) is 24.5. The SMILES string of the molecule is C=C(C)/C(=C\C(=NC)/C(=C/C)CCC)CNC(=O)C1CCC(C)N1S(=O)c1ccc(F)cc1. The third-order valence-electron chi connectivity index (χ3n) is 5.86. The van der Waals surface area contributed by atoms with E-state index >= 15 is 0 Å². The van der Waals surface area contributed by atoms with Gasteiger partial charge in [0.1, 0.15) is 22.8 Å².